The van der Waals surface area contributed by atoms with E-state index in [9.17, 15) is 14.4 Å². The van der Waals surface area contributed by atoms with Crippen molar-refractivity contribution in [1.82, 2.24) is 5.32 Å². The molecule has 3 aliphatic heterocycles. The lowest BCUT2D eigenvalue weighted by Crippen LogP contribution is -2.44. The molecule has 2 aromatic rings. The largest absolute Gasteiger partial charge is 0.454 e. The minimum atomic E-state index is -0.656. The zero-order chi connectivity index (χ0) is 22.9. The quantitative estimate of drug-likeness (QED) is 0.659. The van der Waals surface area contributed by atoms with E-state index in [4.69, 9.17) is 23.7 Å². The van der Waals surface area contributed by atoms with Crippen LogP contribution in [0, 0.1) is 0 Å². The van der Waals surface area contributed by atoms with Crippen molar-refractivity contribution in [2.75, 3.05) is 25.3 Å². The zero-order valence-corrected chi connectivity index (χ0v) is 17.7. The number of hydrogen-bond donors (Lipinski definition) is 2. The van der Waals surface area contributed by atoms with Crippen molar-refractivity contribution in [3.8, 4) is 11.5 Å². The maximum Gasteiger partial charge on any atom is 0.412 e. The first-order valence-corrected chi connectivity index (χ1v) is 10.5. The second-order valence-corrected chi connectivity index (χ2v) is 7.95. The van der Waals surface area contributed by atoms with E-state index in [1.54, 1.807) is 42.5 Å². The number of carbonyl (C=O) groups excluding carboxylic acids is 3. The summed E-state index contributed by atoms with van der Waals surface area (Å²) in [6.45, 7) is 1.99. The molecular weight excluding hydrogens is 432 g/mol. The number of nitrogens with one attached hydrogen (secondary N) is 2. The van der Waals surface area contributed by atoms with Gasteiger partial charge in [0.1, 0.15) is 12.2 Å². The summed E-state index contributed by atoms with van der Waals surface area (Å²) < 4.78 is 27.6. The van der Waals surface area contributed by atoms with Crippen molar-refractivity contribution >= 4 is 23.5 Å². The Bertz CT molecular complexity index is 1090. The van der Waals surface area contributed by atoms with Gasteiger partial charge in [0, 0.05) is 16.8 Å². The standard InChI is InChI=1S/C23H22N2O8/c1-12(26)13-2-5-15(6-3-13)24-23(28)33-19-10-30-20-16(9-29-21(19)20)25-22(27)14-4-7-17-18(8-14)32-11-31-17/h2-8,16,19-21H,9-11H2,1H3,(H,24,28)(H,25,27)/t16-,19+,20+,21+/m0/s1. The Hall–Kier alpha value is -3.63. The lowest BCUT2D eigenvalue weighted by molar-refractivity contribution is 0.00861. The average Bonchev–Trinajstić information content (AvgIpc) is 3.52. The molecule has 0 aromatic heterocycles. The predicted octanol–water partition coefficient (Wildman–Crippen LogP) is 2.13. The molecule has 33 heavy (non-hydrogen) atoms. The minimum absolute atomic E-state index is 0.0585. The maximum atomic E-state index is 12.7. The first kappa shape index (κ1) is 21.2. The third-order valence-corrected chi connectivity index (χ3v) is 5.76. The third-order valence-electron chi connectivity index (χ3n) is 5.76. The molecule has 3 heterocycles. The number of rotatable bonds is 5. The van der Waals surface area contributed by atoms with E-state index >= 15 is 0 Å². The second-order valence-electron chi connectivity index (χ2n) is 7.95. The molecule has 2 saturated heterocycles. The van der Waals surface area contributed by atoms with Gasteiger partial charge in [-0.1, -0.05) is 0 Å². The van der Waals surface area contributed by atoms with Crippen LogP contribution in [0.5, 0.6) is 11.5 Å². The van der Waals surface area contributed by atoms with Gasteiger partial charge < -0.3 is 29.0 Å². The monoisotopic (exact) mass is 454 g/mol. The topological polar surface area (TPSA) is 121 Å². The number of Topliss-reactive ketones (excluding diaryl/α,β-unsaturated/α-hetero) is 1. The van der Waals surface area contributed by atoms with Crippen molar-refractivity contribution in [3.63, 3.8) is 0 Å². The van der Waals surface area contributed by atoms with Crippen molar-refractivity contribution in [2.45, 2.75) is 31.3 Å². The van der Waals surface area contributed by atoms with E-state index in [-0.39, 0.29) is 37.7 Å². The van der Waals surface area contributed by atoms with E-state index in [2.05, 4.69) is 10.6 Å². The number of anilines is 1. The molecular formula is C23H22N2O8. The Morgan fingerprint density at radius 2 is 1.64 bits per heavy atom. The molecule has 5 rings (SSSR count). The average molecular weight is 454 g/mol. The SMILES string of the molecule is CC(=O)c1ccc(NC(=O)O[C@@H]2CO[C@H]3[C@@H]2OC[C@@H]3NC(=O)c2ccc3c(c2)OCO3)cc1. The molecule has 2 amide bonds. The van der Waals surface area contributed by atoms with Crippen LogP contribution in [0.15, 0.2) is 42.5 Å². The fourth-order valence-electron chi connectivity index (χ4n) is 4.05. The van der Waals surface area contributed by atoms with Crippen LogP contribution < -0.4 is 20.1 Å². The third kappa shape index (κ3) is 4.35. The van der Waals surface area contributed by atoms with Crippen LogP contribution in [0.4, 0.5) is 10.5 Å². The Morgan fingerprint density at radius 3 is 2.42 bits per heavy atom. The number of amides is 2. The first-order chi connectivity index (χ1) is 16.0. The highest BCUT2D eigenvalue weighted by atomic mass is 16.7. The molecule has 3 aliphatic rings. The van der Waals surface area contributed by atoms with Gasteiger partial charge in [-0.05, 0) is 49.4 Å². The van der Waals surface area contributed by atoms with Crippen molar-refractivity contribution in [2.24, 2.45) is 0 Å². The molecule has 0 saturated carbocycles. The van der Waals surface area contributed by atoms with E-state index in [0.29, 0.717) is 28.3 Å². The Balaban J connectivity index is 1.15. The molecule has 2 N–H and O–H groups in total. The highest BCUT2D eigenvalue weighted by Crippen LogP contribution is 2.33. The van der Waals surface area contributed by atoms with Crippen molar-refractivity contribution < 1.29 is 38.1 Å². The molecule has 0 aliphatic carbocycles. The van der Waals surface area contributed by atoms with Crippen LogP contribution in [0.25, 0.3) is 0 Å². The highest BCUT2D eigenvalue weighted by molar-refractivity contribution is 5.95. The molecule has 0 unspecified atom stereocenters. The van der Waals surface area contributed by atoms with Gasteiger partial charge in [0.2, 0.25) is 6.79 Å². The van der Waals surface area contributed by atoms with E-state index in [1.807, 2.05) is 0 Å². The van der Waals surface area contributed by atoms with Crippen LogP contribution in [0.1, 0.15) is 27.6 Å². The Labute approximate surface area is 189 Å². The van der Waals surface area contributed by atoms with Crippen molar-refractivity contribution in [1.29, 1.82) is 0 Å². The van der Waals surface area contributed by atoms with Gasteiger partial charge in [-0.25, -0.2) is 4.79 Å². The molecule has 0 bridgehead atoms. The summed E-state index contributed by atoms with van der Waals surface area (Å²) >= 11 is 0. The summed E-state index contributed by atoms with van der Waals surface area (Å²) in [4.78, 5) is 36.3. The number of fused-ring (bicyclic) bond motifs is 2. The Morgan fingerprint density at radius 1 is 0.909 bits per heavy atom. The molecule has 10 nitrogen and oxygen atoms in total. The van der Waals surface area contributed by atoms with E-state index < -0.39 is 24.4 Å². The van der Waals surface area contributed by atoms with Gasteiger partial charge in [-0.15, -0.1) is 0 Å². The van der Waals surface area contributed by atoms with E-state index in [1.165, 1.54) is 6.92 Å². The van der Waals surface area contributed by atoms with E-state index in [0.717, 1.165) is 0 Å². The molecule has 0 radical (unpaired) electrons. The predicted molar refractivity (Wildman–Crippen MR) is 114 cm³/mol. The lowest BCUT2D eigenvalue weighted by atomic mass is 10.1. The van der Waals surface area contributed by atoms with Gasteiger partial charge in [0.25, 0.3) is 5.91 Å². The maximum absolute atomic E-state index is 12.7. The molecule has 10 heteroatoms. The lowest BCUT2D eigenvalue weighted by Gasteiger charge is -2.18. The number of carbonyl (C=O) groups is 3. The van der Waals surface area contributed by atoms with Gasteiger partial charge in [-0.3, -0.25) is 14.9 Å². The summed E-state index contributed by atoms with van der Waals surface area (Å²) in [5, 5.41) is 5.54. The van der Waals surface area contributed by atoms with Gasteiger partial charge in [0.15, 0.2) is 23.4 Å². The molecule has 4 atom stereocenters. The molecule has 2 aromatic carbocycles. The highest BCUT2D eigenvalue weighted by Gasteiger charge is 2.50. The van der Waals surface area contributed by atoms with Gasteiger partial charge >= 0.3 is 6.09 Å². The molecule has 0 spiro atoms. The van der Waals surface area contributed by atoms with Crippen LogP contribution in [0.3, 0.4) is 0 Å². The first-order valence-electron chi connectivity index (χ1n) is 10.5. The zero-order valence-electron chi connectivity index (χ0n) is 17.7. The molecule has 2 fully saturated rings. The number of benzene rings is 2. The fraction of sp³-hybridized carbons (Fsp3) is 0.348. The minimum Gasteiger partial charge on any atom is -0.454 e. The summed E-state index contributed by atoms with van der Waals surface area (Å²) in [7, 11) is 0. The smallest absolute Gasteiger partial charge is 0.412 e. The van der Waals surface area contributed by atoms with Gasteiger partial charge in [0.05, 0.1) is 19.3 Å². The normalized spacial score (nSPS) is 24.8. The summed E-state index contributed by atoms with van der Waals surface area (Å²) in [5.41, 5.74) is 1.49. The summed E-state index contributed by atoms with van der Waals surface area (Å²) in [5.74, 6) is 0.776. The number of hydrogen-bond acceptors (Lipinski definition) is 8. The van der Waals surface area contributed by atoms with Crippen LogP contribution in [-0.4, -0.2) is 62.1 Å². The van der Waals surface area contributed by atoms with Crippen molar-refractivity contribution in [3.05, 3.63) is 53.6 Å². The van der Waals surface area contributed by atoms with Crippen LogP contribution in [0.2, 0.25) is 0 Å². The Kier molecular flexibility index (Phi) is 5.61. The van der Waals surface area contributed by atoms with Crippen LogP contribution in [-0.2, 0) is 14.2 Å². The summed E-state index contributed by atoms with van der Waals surface area (Å²) in [6, 6.07) is 11.1. The van der Waals surface area contributed by atoms with Crippen LogP contribution >= 0.6 is 0 Å². The number of ketones is 1. The van der Waals surface area contributed by atoms with Gasteiger partial charge in [-0.2, -0.15) is 0 Å². The second kappa shape index (κ2) is 8.72. The number of ether oxygens (including phenoxy) is 5. The molecule has 172 valence electrons. The summed E-state index contributed by atoms with van der Waals surface area (Å²) in [6.07, 6.45) is -2.19. The fourth-order valence-corrected chi connectivity index (χ4v) is 4.05.